The summed E-state index contributed by atoms with van der Waals surface area (Å²) in [7, 11) is 0. The Labute approximate surface area is 280 Å². The SMILES string of the molecule is CC(=O)Oc1ccc(OC(=O)c2cccc(C(=O)Oc3ccc(NC(=O)c4ccc(N5C(=O)C6C7CCC(C7)C6C5=O)cc4)cc3)c2)cc1. The third-order valence-corrected chi connectivity index (χ3v) is 9.27. The second kappa shape index (κ2) is 12.8. The molecule has 3 aliphatic rings. The lowest BCUT2D eigenvalue weighted by Crippen LogP contribution is -2.32. The summed E-state index contributed by atoms with van der Waals surface area (Å²) in [5.41, 5.74) is 1.51. The van der Waals surface area contributed by atoms with Gasteiger partial charge in [0.2, 0.25) is 11.8 Å². The van der Waals surface area contributed by atoms with Crippen LogP contribution in [0.25, 0.3) is 0 Å². The monoisotopic (exact) mass is 658 g/mol. The number of imide groups is 1. The zero-order chi connectivity index (χ0) is 34.2. The minimum Gasteiger partial charge on any atom is -0.427 e. The van der Waals surface area contributed by atoms with Crippen LogP contribution in [-0.4, -0.2) is 35.6 Å². The minimum atomic E-state index is -0.705. The number of nitrogens with zero attached hydrogens (tertiary/aromatic N) is 1. The standard InChI is InChI=1S/C38H30N2O9/c1-21(41)47-29-15-17-31(18-16-29)49-38(46)26-4-2-3-25(20-26)37(45)48-30-13-9-27(10-14-30)39-34(42)22-7-11-28(12-8-22)40-35(43)32-23-5-6-24(19-23)33(32)36(40)44/h2-4,7-18,20,23-24,32-33H,5-6,19H2,1H3,(H,39,42). The quantitative estimate of drug-likeness (QED) is 0.140. The number of benzene rings is 4. The molecule has 1 aliphatic heterocycles. The van der Waals surface area contributed by atoms with Gasteiger partial charge in [-0.25, -0.2) is 9.59 Å². The molecule has 0 radical (unpaired) electrons. The lowest BCUT2D eigenvalue weighted by molar-refractivity contribution is -0.132. The summed E-state index contributed by atoms with van der Waals surface area (Å²) < 4.78 is 15.8. The molecule has 11 heteroatoms. The molecule has 11 nitrogen and oxygen atoms in total. The van der Waals surface area contributed by atoms with Crippen molar-refractivity contribution in [2.75, 3.05) is 10.2 Å². The number of rotatable bonds is 8. The normalized spacial score (nSPS) is 20.5. The molecule has 7 rings (SSSR count). The highest BCUT2D eigenvalue weighted by molar-refractivity contribution is 6.22. The average Bonchev–Trinajstić information content (AvgIpc) is 3.79. The molecule has 3 fully saturated rings. The van der Waals surface area contributed by atoms with Crippen LogP contribution >= 0.6 is 0 Å². The second-order valence-corrected chi connectivity index (χ2v) is 12.3. The summed E-state index contributed by atoms with van der Waals surface area (Å²) in [6, 6.07) is 24.4. The molecule has 3 amide bonds. The summed E-state index contributed by atoms with van der Waals surface area (Å²) >= 11 is 0. The molecule has 4 unspecified atom stereocenters. The van der Waals surface area contributed by atoms with Gasteiger partial charge in [0.15, 0.2) is 0 Å². The molecule has 2 saturated carbocycles. The molecule has 0 aromatic heterocycles. The number of ether oxygens (including phenoxy) is 3. The van der Waals surface area contributed by atoms with E-state index in [0.29, 0.717) is 34.5 Å². The molecule has 1 heterocycles. The van der Waals surface area contributed by atoms with Crippen molar-refractivity contribution >= 4 is 47.0 Å². The topological polar surface area (TPSA) is 145 Å². The van der Waals surface area contributed by atoms with Gasteiger partial charge in [0.25, 0.3) is 5.91 Å². The van der Waals surface area contributed by atoms with Gasteiger partial charge >= 0.3 is 17.9 Å². The van der Waals surface area contributed by atoms with Gasteiger partial charge in [-0.1, -0.05) is 6.07 Å². The summed E-state index contributed by atoms with van der Waals surface area (Å²) in [4.78, 5) is 77.1. The number of hydrogen-bond acceptors (Lipinski definition) is 9. The first-order valence-electron chi connectivity index (χ1n) is 15.9. The lowest BCUT2D eigenvalue weighted by atomic mass is 9.81. The van der Waals surface area contributed by atoms with Crippen molar-refractivity contribution < 1.29 is 43.0 Å². The van der Waals surface area contributed by atoms with Crippen LogP contribution in [-0.2, 0) is 14.4 Å². The van der Waals surface area contributed by atoms with E-state index in [1.165, 1.54) is 72.5 Å². The first-order chi connectivity index (χ1) is 23.6. The zero-order valence-corrected chi connectivity index (χ0v) is 26.3. The number of nitrogens with one attached hydrogen (secondary N) is 1. The Balaban J connectivity index is 0.933. The predicted molar refractivity (Wildman–Crippen MR) is 175 cm³/mol. The maximum absolute atomic E-state index is 13.1. The van der Waals surface area contributed by atoms with Crippen molar-refractivity contribution in [3.05, 3.63) is 114 Å². The van der Waals surface area contributed by atoms with Crippen molar-refractivity contribution in [3.63, 3.8) is 0 Å². The number of hydrogen-bond donors (Lipinski definition) is 1. The molecule has 4 aromatic rings. The van der Waals surface area contributed by atoms with Gasteiger partial charge in [0, 0.05) is 18.2 Å². The van der Waals surface area contributed by atoms with Gasteiger partial charge in [-0.2, -0.15) is 0 Å². The number of esters is 3. The van der Waals surface area contributed by atoms with E-state index < -0.39 is 23.8 Å². The van der Waals surface area contributed by atoms with E-state index in [1.54, 1.807) is 36.4 Å². The van der Waals surface area contributed by atoms with Crippen LogP contribution in [0.5, 0.6) is 17.2 Å². The Morgan fingerprint density at radius 3 is 1.63 bits per heavy atom. The van der Waals surface area contributed by atoms with E-state index >= 15 is 0 Å². The molecule has 1 saturated heterocycles. The third kappa shape index (κ3) is 6.30. The van der Waals surface area contributed by atoms with E-state index in [4.69, 9.17) is 14.2 Å². The van der Waals surface area contributed by atoms with Crippen LogP contribution in [0.15, 0.2) is 97.1 Å². The Morgan fingerprint density at radius 2 is 1.12 bits per heavy atom. The predicted octanol–water partition coefficient (Wildman–Crippen LogP) is 5.84. The summed E-state index contributed by atoms with van der Waals surface area (Å²) in [5, 5.41) is 2.78. The summed E-state index contributed by atoms with van der Waals surface area (Å²) in [5.74, 6) is -1.61. The highest BCUT2D eigenvalue weighted by Gasteiger charge is 2.61. The molecular weight excluding hydrogens is 628 g/mol. The summed E-state index contributed by atoms with van der Waals surface area (Å²) in [6.45, 7) is 1.28. The van der Waals surface area contributed by atoms with E-state index in [1.807, 2.05) is 0 Å². The summed E-state index contributed by atoms with van der Waals surface area (Å²) in [6.07, 6.45) is 2.98. The Bertz CT molecular complexity index is 1960. The van der Waals surface area contributed by atoms with Crippen LogP contribution in [0.3, 0.4) is 0 Å². The van der Waals surface area contributed by atoms with Crippen molar-refractivity contribution in [2.45, 2.75) is 26.2 Å². The van der Waals surface area contributed by atoms with Crippen LogP contribution in [0, 0.1) is 23.7 Å². The van der Waals surface area contributed by atoms with Crippen LogP contribution in [0.4, 0.5) is 11.4 Å². The van der Waals surface area contributed by atoms with Gasteiger partial charge in [0.1, 0.15) is 17.2 Å². The fourth-order valence-electron chi connectivity index (χ4n) is 7.08. The van der Waals surface area contributed by atoms with Crippen molar-refractivity contribution in [2.24, 2.45) is 23.7 Å². The van der Waals surface area contributed by atoms with E-state index in [0.717, 1.165) is 19.3 Å². The number of amides is 3. The maximum Gasteiger partial charge on any atom is 0.343 e. The number of carbonyl (C=O) groups excluding carboxylic acids is 6. The Kier molecular flexibility index (Phi) is 8.25. The first-order valence-corrected chi connectivity index (χ1v) is 15.9. The van der Waals surface area contributed by atoms with Crippen molar-refractivity contribution in [3.8, 4) is 17.2 Å². The molecule has 2 bridgehead atoms. The first kappa shape index (κ1) is 31.5. The maximum atomic E-state index is 13.1. The molecule has 0 spiro atoms. The molecule has 1 N–H and O–H groups in total. The van der Waals surface area contributed by atoms with Gasteiger partial charge in [0.05, 0.1) is 28.7 Å². The minimum absolute atomic E-state index is 0.119. The van der Waals surface area contributed by atoms with Crippen molar-refractivity contribution in [1.29, 1.82) is 0 Å². The fourth-order valence-corrected chi connectivity index (χ4v) is 7.08. The average molecular weight is 659 g/mol. The lowest BCUT2D eigenvalue weighted by Gasteiger charge is -2.19. The number of anilines is 2. The number of fused-ring (bicyclic) bond motifs is 5. The third-order valence-electron chi connectivity index (χ3n) is 9.27. The van der Waals surface area contributed by atoms with Gasteiger partial charge < -0.3 is 19.5 Å². The zero-order valence-electron chi connectivity index (χ0n) is 26.3. The smallest absolute Gasteiger partial charge is 0.343 e. The van der Waals surface area contributed by atoms with Gasteiger partial charge in [-0.3, -0.25) is 24.1 Å². The number of carbonyl (C=O) groups is 6. The largest absolute Gasteiger partial charge is 0.427 e. The van der Waals surface area contributed by atoms with E-state index in [-0.39, 0.29) is 46.3 Å². The highest BCUT2D eigenvalue weighted by atomic mass is 16.5. The second-order valence-electron chi connectivity index (χ2n) is 12.3. The van der Waals surface area contributed by atoms with Crippen molar-refractivity contribution in [1.82, 2.24) is 0 Å². The molecular formula is C38H30N2O9. The molecule has 49 heavy (non-hydrogen) atoms. The van der Waals surface area contributed by atoms with Crippen LogP contribution in [0.2, 0.25) is 0 Å². The Hall–Kier alpha value is -6.10. The van der Waals surface area contributed by atoms with E-state index in [2.05, 4.69) is 5.32 Å². The molecule has 4 atom stereocenters. The van der Waals surface area contributed by atoms with Gasteiger partial charge in [-0.05, 0) is 122 Å². The van der Waals surface area contributed by atoms with E-state index in [9.17, 15) is 28.8 Å². The van der Waals surface area contributed by atoms with Crippen LogP contribution < -0.4 is 24.4 Å². The highest BCUT2D eigenvalue weighted by Crippen LogP contribution is 2.56. The van der Waals surface area contributed by atoms with Crippen LogP contribution in [0.1, 0.15) is 57.3 Å². The fraction of sp³-hybridized carbons (Fsp3) is 0.211. The molecule has 246 valence electrons. The van der Waals surface area contributed by atoms with Gasteiger partial charge in [-0.15, -0.1) is 0 Å². The molecule has 2 aliphatic carbocycles. The Morgan fingerprint density at radius 1 is 0.633 bits per heavy atom. The molecule has 4 aromatic carbocycles.